The molecule has 1 aromatic carbocycles. The van der Waals surface area contributed by atoms with E-state index in [1.807, 2.05) is 0 Å². The first kappa shape index (κ1) is 24.4. The van der Waals surface area contributed by atoms with Crippen LogP contribution in [-0.4, -0.2) is 52.4 Å². The summed E-state index contributed by atoms with van der Waals surface area (Å²) in [5, 5.41) is 0. The molecule has 0 bridgehead atoms. The minimum atomic E-state index is -1.27. The number of pyridine rings is 1. The molecule has 1 aliphatic heterocycles. The first-order valence-electron chi connectivity index (χ1n) is 9.86. The van der Waals surface area contributed by atoms with Gasteiger partial charge in [0.15, 0.2) is 35.3 Å². The zero-order chi connectivity index (χ0) is 24.1. The molecule has 4 atom stereocenters. The number of ether oxygens (including phenoxy) is 4. The zero-order valence-corrected chi connectivity index (χ0v) is 18.8. The molecule has 2 aromatic rings. The van der Waals surface area contributed by atoms with E-state index in [0.29, 0.717) is 5.69 Å². The van der Waals surface area contributed by atoms with Gasteiger partial charge in [-0.1, -0.05) is 6.07 Å². The second-order valence-corrected chi connectivity index (χ2v) is 8.23. The highest BCUT2D eigenvalue weighted by atomic mass is 32.2. The van der Waals surface area contributed by atoms with Crippen LogP contribution in [-0.2, 0) is 28.6 Å². The first-order valence-corrected chi connectivity index (χ1v) is 10.9. The highest BCUT2D eigenvalue weighted by Gasteiger charge is 2.48. The number of halogens is 2. The molecule has 1 aliphatic rings. The normalized spacial score (nSPS) is 22.2. The van der Waals surface area contributed by atoms with E-state index in [-0.39, 0.29) is 11.3 Å². The summed E-state index contributed by atoms with van der Waals surface area (Å²) >= 11 is 1.03. The number of aromatic nitrogens is 1. The van der Waals surface area contributed by atoms with Crippen molar-refractivity contribution in [2.75, 3.05) is 5.75 Å². The molecule has 1 aromatic heterocycles. The molecule has 0 spiro atoms. The van der Waals surface area contributed by atoms with Crippen LogP contribution in [0.25, 0.3) is 11.3 Å². The Labute approximate surface area is 192 Å². The van der Waals surface area contributed by atoms with E-state index in [1.165, 1.54) is 19.2 Å². The Bertz CT molecular complexity index is 1040. The number of carbonyl (C=O) groups is 3. The fourth-order valence-electron chi connectivity index (χ4n) is 3.27. The zero-order valence-electron chi connectivity index (χ0n) is 17.9. The average molecular weight is 481 g/mol. The molecular weight excluding hydrogens is 460 g/mol. The summed E-state index contributed by atoms with van der Waals surface area (Å²) in [4.78, 5) is 39.0. The molecule has 0 aliphatic carbocycles. The smallest absolute Gasteiger partial charge is 0.303 e. The van der Waals surface area contributed by atoms with E-state index in [4.69, 9.17) is 18.9 Å². The van der Waals surface area contributed by atoms with Crippen LogP contribution in [0, 0.1) is 11.6 Å². The Balaban J connectivity index is 1.95. The van der Waals surface area contributed by atoms with Gasteiger partial charge in [0.25, 0.3) is 0 Å². The second-order valence-electron chi connectivity index (χ2n) is 7.10. The lowest BCUT2D eigenvalue weighted by atomic mass is 10.1. The Kier molecular flexibility index (Phi) is 7.85. The van der Waals surface area contributed by atoms with Crippen molar-refractivity contribution in [2.24, 2.45) is 0 Å². The van der Waals surface area contributed by atoms with Gasteiger partial charge in [-0.15, -0.1) is 11.8 Å². The van der Waals surface area contributed by atoms with Gasteiger partial charge in [0.1, 0.15) is 0 Å². The van der Waals surface area contributed by atoms with Gasteiger partial charge in [0.2, 0.25) is 5.82 Å². The molecule has 0 saturated carbocycles. The largest absolute Gasteiger partial charge is 0.472 e. The molecule has 1 saturated heterocycles. The van der Waals surface area contributed by atoms with Gasteiger partial charge in [0.05, 0.1) is 5.69 Å². The van der Waals surface area contributed by atoms with Crippen molar-refractivity contribution in [3.05, 3.63) is 48.2 Å². The van der Waals surface area contributed by atoms with E-state index in [1.54, 1.807) is 18.2 Å². The predicted molar refractivity (Wildman–Crippen MR) is 113 cm³/mol. The maximum Gasteiger partial charge on any atom is 0.303 e. The van der Waals surface area contributed by atoms with Crippen LogP contribution < -0.4 is 4.74 Å². The third-order valence-corrected chi connectivity index (χ3v) is 5.72. The third-order valence-electron chi connectivity index (χ3n) is 4.50. The molecule has 0 amide bonds. The van der Waals surface area contributed by atoms with Crippen molar-refractivity contribution >= 4 is 29.7 Å². The number of esters is 3. The second kappa shape index (κ2) is 10.6. The van der Waals surface area contributed by atoms with E-state index in [0.717, 1.165) is 31.7 Å². The highest BCUT2D eigenvalue weighted by molar-refractivity contribution is 7.99. The first-order chi connectivity index (χ1) is 15.7. The Morgan fingerprint density at radius 3 is 2.24 bits per heavy atom. The van der Waals surface area contributed by atoms with E-state index >= 15 is 0 Å². The summed E-state index contributed by atoms with van der Waals surface area (Å²) in [5.74, 6) is -4.84. The SMILES string of the molecule is CC(=O)O[C@@H]1[C@@H](OC(C)=O)[C@@H](Oc2cc(-c3ccccn3)cc(F)c2F)SC[C@H]1OC(C)=O. The number of rotatable bonds is 6. The molecular formula is C22H21F2NO7S. The molecule has 0 N–H and O–H groups in total. The van der Waals surface area contributed by atoms with Gasteiger partial charge < -0.3 is 18.9 Å². The number of benzene rings is 1. The molecule has 1 fully saturated rings. The van der Waals surface area contributed by atoms with E-state index in [2.05, 4.69) is 4.98 Å². The summed E-state index contributed by atoms with van der Waals surface area (Å²) in [5.41, 5.74) is -0.441. The lowest BCUT2D eigenvalue weighted by Crippen LogP contribution is -2.55. The van der Waals surface area contributed by atoms with Crippen molar-refractivity contribution in [2.45, 2.75) is 44.5 Å². The van der Waals surface area contributed by atoms with Crippen LogP contribution in [0.4, 0.5) is 8.78 Å². The van der Waals surface area contributed by atoms with E-state index < -0.39 is 59.0 Å². The van der Waals surface area contributed by atoms with Gasteiger partial charge in [-0.2, -0.15) is 4.39 Å². The van der Waals surface area contributed by atoms with Crippen molar-refractivity contribution in [3.8, 4) is 17.0 Å². The number of hydrogen-bond donors (Lipinski definition) is 0. The molecule has 176 valence electrons. The van der Waals surface area contributed by atoms with Crippen LogP contribution in [0.15, 0.2) is 36.5 Å². The lowest BCUT2D eigenvalue weighted by Gasteiger charge is -2.39. The summed E-state index contributed by atoms with van der Waals surface area (Å²) in [7, 11) is 0. The Hall–Kier alpha value is -3.21. The number of hydrogen-bond acceptors (Lipinski definition) is 9. The van der Waals surface area contributed by atoms with Crippen molar-refractivity contribution in [1.29, 1.82) is 0 Å². The van der Waals surface area contributed by atoms with Crippen molar-refractivity contribution in [3.63, 3.8) is 0 Å². The van der Waals surface area contributed by atoms with Crippen LogP contribution in [0.1, 0.15) is 20.8 Å². The minimum absolute atomic E-state index is 0.0873. The number of thioether (sulfide) groups is 1. The maximum absolute atomic E-state index is 14.6. The summed E-state index contributed by atoms with van der Waals surface area (Å²) < 4.78 is 50.4. The topological polar surface area (TPSA) is 101 Å². The third kappa shape index (κ3) is 6.19. The Morgan fingerprint density at radius 2 is 1.64 bits per heavy atom. The van der Waals surface area contributed by atoms with Crippen molar-refractivity contribution < 1.29 is 42.1 Å². The molecule has 8 nitrogen and oxygen atoms in total. The van der Waals surface area contributed by atoms with Gasteiger partial charge in [-0.25, -0.2) is 4.39 Å². The quantitative estimate of drug-likeness (QED) is 0.454. The Morgan fingerprint density at radius 1 is 0.970 bits per heavy atom. The van der Waals surface area contributed by atoms with Crippen LogP contribution >= 0.6 is 11.8 Å². The summed E-state index contributed by atoms with van der Waals surface area (Å²) in [6.07, 6.45) is -1.92. The van der Waals surface area contributed by atoms with Gasteiger partial charge in [-0.3, -0.25) is 19.4 Å². The van der Waals surface area contributed by atoms with Crippen LogP contribution in [0.3, 0.4) is 0 Å². The summed E-state index contributed by atoms with van der Waals surface area (Å²) in [6, 6.07) is 7.24. The standard InChI is InChI=1S/C22H21F2NO7S/c1-11(26)29-18-10-33-22(21(31-13(3)28)20(18)30-12(2)27)32-17-9-14(8-15(23)19(17)24)16-6-4-5-7-25-16/h4-9,18,20-22H,10H2,1-3H3/t18-,20+,21-,22+/m1/s1. The predicted octanol–water partition coefficient (Wildman–Crippen LogP) is 3.27. The van der Waals surface area contributed by atoms with Crippen LogP contribution in [0.2, 0.25) is 0 Å². The van der Waals surface area contributed by atoms with Gasteiger partial charge in [0, 0.05) is 38.3 Å². The molecule has 11 heteroatoms. The molecule has 2 heterocycles. The maximum atomic E-state index is 14.6. The molecule has 33 heavy (non-hydrogen) atoms. The molecule has 0 unspecified atom stereocenters. The lowest BCUT2D eigenvalue weighted by molar-refractivity contribution is -0.186. The fourth-order valence-corrected chi connectivity index (χ4v) is 4.48. The van der Waals surface area contributed by atoms with Gasteiger partial charge in [-0.05, 0) is 24.3 Å². The fraction of sp³-hybridized carbons (Fsp3) is 0.364. The summed E-state index contributed by atoms with van der Waals surface area (Å²) in [6.45, 7) is 3.45. The molecule has 3 rings (SSSR count). The van der Waals surface area contributed by atoms with Crippen molar-refractivity contribution in [1.82, 2.24) is 4.98 Å². The van der Waals surface area contributed by atoms with E-state index in [9.17, 15) is 23.2 Å². The van der Waals surface area contributed by atoms with Crippen LogP contribution in [0.5, 0.6) is 5.75 Å². The average Bonchev–Trinajstić information content (AvgIpc) is 2.74. The monoisotopic (exact) mass is 481 g/mol. The highest BCUT2D eigenvalue weighted by Crippen LogP contribution is 2.36. The number of carbonyl (C=O) groups excluding carboxylic acids is 3. The van der Waals surface area contributed by atoms with Gasteiger partial charge >= 0.3 is 17.9 Å². The number of nitrogens with zero attached hydrogens (tertiary/aromatic N) is 1. The minimum Gasteiger partial charge on any atom is -0.472 e. The molecule has 0 radical (unpaired) electrons.